The highest BCUT2D eigenvalue weighted by Crippen LogP contribution is 2.16. The molecule has 0 bridgehead atoms. The summed E-state index contributed by atoms with van der Waals surface area (Å²) in [5, 5.41) is 0. The maximum Gasteiger partial charge on any atom is 0.306 e. The molecule has 6 nitrogen and oxygen atoms in total. The van der Waals surface area contributed by atoms with Gasteiger partial charge >= 0.3 is 17.9 Å². The fourth-order valence-electron chi connectivity index (χ4n) is 9.00. The zero-order chi connectivity index (χ0) is 52.9. The van der Waals surface area contributed by atoms with Gasteiger partial charge in [0.05, 0.1) is 0 Å². The van der Waals surface area contributed by atoms with Crippen LogP contribution in [0.25, 0.3) is 0 Å². The predicted molar refractivity (Wildman–Crippen MR) is 316 cm³/mol. The zero-order valence-corrected chi connectivity index (χ0v) is 48.4. The summed E-state index contributed by atoms with van der Waals surface area (Å²) in [5.74, 6) is -0.873. The van der Waals surface area contributed by atoms with Gasteiger partial charge in [-0.25, -0.2) is 0 Å². The van der Waals surface area contributed by atoms with Gasteiger partial charge < -0.3 is 14.2 Å². The maximum absolute atomic E-state index is 12.9. The third-order valence-electron chi connectivity index (χ3n) is 13.7. The van der Waals surface area contributed by atoms with E-state index in [2.05, 4.69) is 93.7 Å². The number of ether oxygens (including phenoxy) is 3. The van der Waals surface area contributed by atoms with Gasteiger partial charge in [0, 0.05) is 19.3 Å². The molecule has 0 aliphatic carbocycles. The Morgan fingerprint density at radius 1 is 0.288 bits per heavy atom. The topological polar surface area (TPSA) is 78.9 Å². The van der Waals surface area contributed by atoms with Gasteiger partial charge in [-0.2, -0.15) is 0 Å². The summed E-state index contributed by atoms with van der Waals surface area (Å²) >= 11 is 0. The number of carbonyl (C=O) groups excluding carboxylic acids is 3. The van der Waals surface area contributed by atoms with Crippen molar-refractivity contribution < 1.29 is 28.6 Å². The SMILES string of the molecule is CC/C=C\C/C=C\C/C=C\C/C=C\C/C=C\CCCCCCCCCCCC(=O)OCC(COC(=O)CCCCCCCCCCC)OC(=O)CCCCCCCCCCC/C=C\CCCCCCCCCC. The van der Waals surface area contributed by atoms with Crippen LogP contribution in [0.2, 0.25) is 0 Å². The van der Waals surface area contributed by atoms with Crippen LogP contribution >= 0.6 is 0 Å². The molecule has 0 aromatic carbocycles. The Labute approximate surface area is 453 Å². The summed E-state index contributed by atoms with van der Waals surface area (Å²) in [6.07, 6.45) is 79.1. The molecule has 0 radical (unpaired) electrons. The van der Waals surface area contributed by atoms with Gasteiger partial charge in [0.2, 0.25) is 0 Å². The average Bonchev–Trinajstić information content (AvgIpc) is 3.39. The lowest BCUT2D eigenvalue weighted by Crippen LogP contribution is -2.30. The Hall–Kier alpha value is -3.15. The van der Waals surface area contributed by atoms with Crippen LogP contribution in [-0.2, 0) is 28.6 Å². The minimum absolute atomic E-state index is 0.0751. The Bertz CT molecular complexity index is 1360. The Morgan fingerprint density at radius 2 is 0.534 bits per heavy atom. The summed E-state index contributed by atoms with van der Waals surface area (Å²) in [4.78, 5) is 38.2. The van der Waals surface area contributed by atoms with Crippen molar-refractivity contribution in [3.63, 3.8) is 0 Å². The third-order valence-corrected chi connectivity index (χ3v) is 13.7. The Morgan fingerprint density at radius 3 is 0.849 bits per heavy atom. The van der Waals surface area contributed by atoms with Crippen molar-refractivity contribution in [2.45, 2.75) is 322 Å². The Kier molecular flexibility index (Phi) is 58.7. The molecule has 0 heterocycles. The number of rotatable bonds is 57. The molecule has 0 aromatic rings. The van der Waals surface area contributed by atoms with E-state index < -0.39 is 6.10 Å². The normalized spacial score (nSPS) is 12.5. The van der Waals surface area contributed by atoms with E-state index in [0.717, 1.165) is 96.3 Å². The molecular formula is C67H118O6. The lowest BCUT2D eigenvalue weighted by Gasteiger charge is -2.18. The van der Waals surface area contributed by atoms with E-state index in [-0.39, 0.29) is 31.1 Å². The van der Waals surface area contributed by atoms with Crippen LogP contribution in [-0.4, -0.2) is 37.2 Å². The molecule has 0 saturated carbocycles. The second-order valence-electron chi connectivity index (χ2n) is 20.9. The molecule has 6 heteroatoms. The first kappa shape index (κ1) is 69.8. The van der Waals surface area contributed by atoms with Gasteiger partial charge in [-0.1, -0.05) is 280 Å². The van der Waals surface area contributed by atoms with Crippen LogP contribution in [0.3, 0.4) is 0 Å². The number of esters is 3. The van der Waals surface area contributed by atoms with Gasteiger partial charge in [-0.15, -0.1) is 0 Å². The van der Waals surface area contributed by atoms with Gasteiger partial charge in [-0.3, -0.25) is 14.4 Å². The zero-order valence-electron chi connectivity index (χ0n) is 48.4. The second kappa shape index (κ2) is 61.4. The molecule has 1 atom stereocenters. The van der Waals surface area contributed by atoms with Crippen LogP contribution in [0.4, 0.5) is 0 Å². The average molecular weight is 1020 g/mol. The van der Waals surface area contributed by atoms with Gasteiger partial charge in [0.15, 0.2) is 6.10 Å². The van der Waals surface area contributed by atoms with Crippen molar-refractivity contribution in [2.75, 3.05) is 13.2 Å². The Balaban J connectivity index is 4.23. The summed E-state index contributed by atoms with van der Waals surface area (Å²) in [6, 6.07) is 0. The first-order chi connectivity index (χ1) is 36.0. The van der Waals surface area contributed by atoms with Crippen LogP contribution < -0.4 is 0 Å². The highest BCUT2D eigenvalue weighted by Gasteiger charge is 2.19. The summed E-state index contributed by atoms with van der Waals surface area (Å²) < 4.78 is 16.9. The molecule has 73 heavy (non-hydrogen) atoms. The minimum atomic E-state index is -0.777. The molecule has 0 amide bonds. The van der Waals surface area contributed by atoms with Gasteiger partial charge in [0.25, 0.3) is 0 Å². The van der Waals surface area contributed by atoms with Crippen molar-refractivity contribution in [1.82, 2.24) is 0 Å². The molecule has 0 aliphatic heterocycles. The molecule has 422 valence electrons. The quantitative estimate of drug-likeness (QED) is 0.0261. The van der Waals surface area contributed by atoms with Crippen molar-refractivity contribution in [3.8, 4) is 0 Å². The third kappa shape index (κ3) is 59.6. The summed E-state index contributed by atoms with van der Waals surface area (Å²) in [7, 11) is 0. The molecule has 0 fully saturated rings. The van der Waals surface area contributed by atoms with Crippen LogP contribution in [0.15, 0.2) is 72.9 Å². The number of unbranched alkanes of at least 4 members (excludes halogenated alkanes) is 34. The first-order valence-electron chi connectivity index (χ1n) is 31.4. The largest absolute Gasteiger partial charge is 0.462 e. The fourth-order valence-corrected chi connectivity index (χ4v) is 9.00. The molecule has 0 aromatic heterocycles. The van der Waals surface area contributed by atoms with Crippen molar-refractivity contribution in [1.29, 1.82) is 0 Å². The summed E-state index contributed by atoms with van der Waals surface area (Å²) in [6.45, 7) is 6.53. The van der Waals surface area contributed by atoms with E-state index in [9.17, 15) is 14.4 Å². The van der Waals surface area contributed by atoms with E-state index in [4.69, 9.17) is 14.2 Å². The summed E-state index contributed by atoms with van der Waals surface area (Å²) in [5.41, 5.74) is 0. The van der Waals surface area contributed by atoms with Crippen molar-refractivity contribution in [2.24, 2.45) is 0 Å². The van der Waals surface area contributed by atoms with Gasteiger partial charge in [-0.05, 0) is 89.9 Å². The van der Waals surface area contributed by atoms with E-state index in [1.54, 1.807) is 0 Å². The van der Waals surface area contributed by atoms with Crippen LogP contribution in [0, 0.1) is 0 Å². The van der Waals surface area contributed by atoms with Crippen LogP contribution in [0.1, 0.15) is 316 Å². The molecule has 0 rings (SSSR count). The predicted octanol–water partition coefficient (Wildman–Crippen LogP) is 21.3. The smallest absolute Gasteiger partial charge is 0.306 e. The minimum Gasteiger partial charge on any atom is -0.462 e. The van der Waals surface area contributed by atoms with Crippen molar-refractivity contribution in [3.05, 3.63) is 72.9 Å². The lowest BCUT2D eigenvalue weighted by molar-refractivity contribution is -0.167. The van der Waals surface area contributed by atoms with Gasteiger partial charge in [0.1, 0.15) is 13.2 Å². The number of carbonyl (C=O) groups is 3. The number of allylic oxidation sites excluding steroid dienone is 12. The van der Waals surface area contributed by atoms with E-state index in [0.29, 0.717) is 19.3 Å². The van der Waals surface area contributed by atoms with E-state index in [1.165, 1.54) is 180 Å². The van der Waals surface area contributed by atoms with Crippen LogP contribution in [0.5, 0.6) is 0 Å². The second-order valence-corrected chi connectivity index (χ2v) is 20.9. The first-order valence-corrected chi connectivity index (χ1v) is 31.4. The van der Waals surface area contributed by atoms with E-state index >= 15 is 0 Å². The monoisotopic (exact) mass is 1020 g/mol. The highest BCUT2D eigenvalue weighted by atomic mass is 16.6. The van der Waals surface area contributed by atoms with E-state index in [1.807, 2.05) is 0 Å². The van der Waals surface area contributed by atoms with Crippen molar-refractivity contribution >= 4 is 17.9 Å². The standard InChI is InChI=1S/C67H118O6/c1-4-7-10-13-16-19-21-23-25-27-29-31-32-33-34-36-37-39-41-43-45-48-51-54-57-60-66(69)72-63-64(62-71-65(68)59-56-53-50-47-18-15-12-9-6-3)73-67(70)61-58-55-52-49-46-44-42-40-38-35-30-28-26-24-22-20-17-14-11-8-5-2/h7,10,16,19,23,25,28-31,33-34,64H,4-6,8-9,11-15,17-18,20-22,24,26-27,32,35-63H2,1-3H3/b10-7-,19-16-,25-23-,30-28-,31-29-,34-33-. The molecule has 0 N–H and O–H groups in total. The molecule has 0 saturated heterocycles. The number of hydrogen-bond acceptors (Lipinski definition) is 6. The molecule has 1 unspecified atom stereocenters. The molecule has 0 aliphatic rings. The lowest BCUT2D eigenvalue weighted by atomic mass is 10.1. The number of hydrogen-bond donors (Lipinski definition) is 0. The highest BCUT2D eigenvalue weighted by molar-refractivity contribution is 5.71. The molecular weight excluding hydrogens is 901 g/mol. The molecule has 0 spiro atoms. The fraction of sp³-hybridized carbons (Fsp3) is 0.776. The maximum atomic E-state index is 12.9.